The number of nitriles is 1. The third-order valence-electron chi connectivity index (χ3n) is 4.42. The first-order chi connectivity index (χ1) is 13.8. The Bertz CT molecular complexity index is 1160. The van der Waals surface area contributed by atoms with Crippen molar-refractivity contribution >= 4 is 35.8 Å². The standard InChI is InChI=1S/C21H19N2O4PS/c1-13-4-9-18(14(2)10-13)28(26,27-3)23-17-11-19(29-20(17)21(24)25)16-7-5-15(12-22)6-8-16/h4-11H,1-3H3,(H,23,26)(H,24,25). The lowest BCUT2D eigenvalue weighted by Crippen LogP contribution is -2.17. The van der Waals surface area contributed by atoms with Crippen molar-refractivity contribution in [3.63, 3.8) is 0 Å². The van der Waals surface area contributed by atoms with E-state index >= 15 is 0 Å². The van der Waals surface area contributed by atoms with E-state index in [0.717, 1.165) is 28.0 Å². The van der Waals surface area contributed by atoms with Crippen LogP contribution < -0.4 is 10.4 Å². The lowest BCUT2D eigenvalue weighted by Gasteiger charge is -2.20. The molecule has 2 aromatic carbocycles. The monoisotopic (exact) mass is 426 g/mol. The van der Waals surface area contributed by atoms with E-state index in [2.05, 4.69) is 11.2 Å². The van der Waals surface area contributed by atoms with Gasteiger partial charge in [-0.3, -0.25) is 4.57 Å². The number of nitrogens with zero attached hydrogens (tertiary/aromatic N) is 1. The van der Waals surface area contributed by atoms with E-state index in [0.29, 0.717) is 15.7 Å². The van der Waals surface area contributed by atoms with Gasteiger partial charge >= 0.3 is 13.5 Å². The van der Waals surface area contributed by atoms with Crippen molar-refractivity contribution in [2.45, 2.75) is 13.8 Å². The Morgan fingerprint density at radius 1 is 1.17 bits per heavy atom. The van der Waals surface area contributed by atoms with Crippen LogP contribution in [0.2, 0.25) is 0 Å². The molecule has 1 unspecified atom stereocenters. The van der Waals surface area contributed by atoms with E-state index in [1.165, 1.54) is 7.11 Å². The van der Waals surface area contributed by atoms with Crippen molar-refractivity contribution in [1.29, 1.82) is 5.26 Å². The molecule has 29 heavy (non-hydrogen) atoms. The number of carboxylic acids is 1. The second-order valence-electron chi connectivity index (χ2n) is 6.48. The molecule has 1 aromatic heterocycles. The van der Waals surface area contributed by atoms with Gasteiger partial charge in [0.2, 0.25) is 0 Å². The second kappa shape index (κ2) is 8.22. The Labute approximate surface area is 172 Å². The number of thiophene rings is 1. The molecule has 2 N–H and O–H groups in total. The zero-order valence-corrected chi connectivity index (χ0v) is 17.8. The molecule has 0 amide bonds. The summed E-state index contributed by atoms with van der Waals surface area (Å²) in [4.78, 5) is 12.5. The smallest absolute Gasteiger partial charge is 0.348 e. The summed E-state index contributed by atoms with van der Waals surface area (Å²) in [5, 5.41) is 21.9. The van der Waals surface area contributed by atoms with Gasteiger partial charge in [0.25, 0.3) is 0 Å². The summed E-state index contributed by atoms with van der Waals surface area (Å²) in [5.41, 5.74) is 3.33. The van der Waals surface area contributed by atoms with Crippen LogP contribution in [-0.4, -0.2) is 18.2 Å². The Balaban J connectivity index is 2.04. The van der Waals surface area contributed by atoms with Crippen molar-refractivity contribution < 1.29 is 19.0 Å². The average molecular weight is 426 g/mol. The van der Waals surface area contributed by atoms with Gasteiger partial charge in [0.05, 0.1) is 22.6 Å². The van der Waals surface area contributed by atoms with Gasteiger partial charge < -0.3 is 14.7 Å². The summed E-state index contributed by atoms with van der Waals surface area (Å²) in [5.74, 6) is -1.12. The average Bonchev–Trinajstić information content (AvgIpc) is 3.11. The third-order valence-corrected chi connectivity index (χ3v) is 7.78. The molecular weight excluding hydrogens is 407 g/mol. The fourth-order valence-electron chi connectivity index (χ4n) is 2.98. The van der Waals surface area contributed by atoms with Crippen molar-refractivity contribution in [1.82, 2.24) is 0 Å². The van der Waals surface area contributed by atoms with Gasteiger partial charge in [0.15, 0.2) is 0 Å². The lowest BCUT2D eigenvalue weighted by atomic mass is 10.1. The van der Waals surface area contributed by atoms with Crippen LogP contribution in [0.4, 0.5) is 5.69 Å². The maximum atomic E-state index is 13.5. The summed E-state index contributed by atoms with van der Waals surface area (Å²) in [7, 11) is -2.20. The molecule has 1 heterocycles. The number of aromatic carboxylic acids is 1. The fourth-order valence-corrected chi connectivity index (χ4v) is 5.72. The van der Waals surface area contributed by atoms with Crippen LogP contribution in [0.1, 0.15) is 26.4 Å². The van der Waals surface area contributed by atoms with Crippen LogP contribution in [0.25, 0.3) is 10.4 Å². The van der Waals surface area contributed by atoms with Gasteiger partial charge in [-0.05, 0) is 49.2 Å². The highest BCUT2D eigenvalue weighted by Crippen LogP contribution is 2.48. The van der Waals surface area contributed by atoms with Crippen molar-refractivity contribution in [3.8, 4) is 16.5 Å². The van der Waals surface area contributed by atoms with Crippen LogP contribution in [0.5, 0.6) is 0 Å². The van der Waals surface area contributed by atoms with Crippen LogP contribution in [-0.2, 0) is 9.09 Å². The molecule has 3 rings (SSSR count). The Hall–Kier alpha value is -2.91. The zero-order valence-electron chi connectivity index (χ0n) is 16.1. The molecule has 0 radical (unpaired) electrons. The maximum Gasteiger partial charge on any atom is 0.348 e. The van der Waals surface area contributed by atoms with Gasteiger partial charge in [0, 0.05) is 12.0 Å². The molecule has 0 aliphatic carbocycles. The topological polar surface area (TPSA) is 99.4 Å². The quantitative estimate of drug-likeness (QED) is 0.527. The fraction of sp³-hybridized carbons (Fsp3) is 0.143. The minimum Gasteiger partial charge on any atom is -0.477 e. The number of rotatable bonds is 6. The third kappa shape index (κ3) is 4.25. The van der Waals surface area contributed by atoms with E-state index in [1.54, 1.807) is 36.4 Å². The number of anilines is 1. The number of nitrogens with one attached hydrogen (secondary N) is 1. The predicted molar refractivity (Wildman–Crippen MR) is 115 cm³/mol. The molecule has 0 saturated heterocycles. The molecule has 0 fully saturated rings. The highest BCUT2D eigenvalue weighted by Gasteiger charge is 2.30. The number of hydrogen-bond donors (Lipinski definition) is 2. The number of hydrogen-bond acceptors (Lipinski definition) is 5. The minimum atomic E-state index is -3.54. The summed E-state index contributed by atoms with van der Waals surface area (Å²) in [6.07, 6.45) is 0. The van der Waals surface area contributed by atoms with Gasteiger partial charge in [-0.15, -0.1) is 11.3 Å². The van der Waals surface area contributed by atoms with E-state index in [-0.39, 0.29) is 10.6 Å². The first-order valence-corrected chi connectivity index (χ1v) is 11.1. The lowest BCUT2D eigenvalue weighted by molar-refractivity contribution is 0.0703. The first-order valence-electron chi connectivity index (χ1n) is 8.67. The van der Waals surface area contributed by atoms with Gasteiger partial charge in [-0.25, -0.2) is 4.79 Å². The van der Waals surface area contributed by atoms with Crippen LogP contribution >= 0.6 is 18.9 Å². The van der Waals surface area contributed by atoms with Gasteiger partial charge in [-0.2, -0.15) is 5.26 Å². The first kappa shape index (κ1) is 20.8. The second-order valence-corrected chi connectivity index (χ2v) is 9.71. The van der Waals surface area contributed by atoms with E-state index < -0.39 is 13.5 Å². The summed E-state index contributed by atoms with van der Waals surface area (Å²) in [6.45, 7) is 3.77. The van der Waals surface area contributed by atoms with E-state index in [1.807, 2.05) is 26.0 Å². The number of carbonyl (C=O) groups is 1. The van der Waals surface area contributed by atoms with Crippen LogP contribution in [0, 0.1) is 25.2 Å². The predicted octanol–water partition coefficient (Wildman–Crippen LogP) is 5.18. The maximum absolute atomic E-state index is 13.5. The molecule has 1 atom stereocenters. The van der Waals surface area contributed by atoms with Crippen molar-refractivity contribution in [3.05, 3.63) is 70.1 Å². The van der Waals surface area contributed by atoms with E-state index in [9.17, 15) is 14.5 Å². The SMILES string of the molecule is COP(=O)(Nc1cc(-c2ccc(C#N)cc2)sc1C(=O)O)c1ccc(C)cc1C. The normalized spacial score (nSPS) is 12.8. The Morgan fingerprint density at radius 2 is 1.86 bits per heavy atom. The van der Waals surface area contributed by atoms with Crippen molar-refractivity contribution in [2.75, 3.05) is 12.2 Å². The summed E-state index contributed by atoms with van der Waals surface area (Å²) < 4.78 is 18.9. The molecule has 0 bridgehead atoms. The Kier molecular flexibility index (Phi) is 5.90. The number of carboxylic acid groups (broad SMARTS) is 1. The van der Waals surface area contributed by atoms with Crippen molar-refractivity contribution in [2.24, 2.45) is 0 Å². The molecule has 3 aromatic rings. The Morgan fingerprint density at radius 3 is 2.41 bits per heavy atom. The zero-order chi connectivity index (χ0) is 21.2. The van der Waals surface area contributed by atoms with Crippen LogP contribution in [0.15, 0.2) is 48.5 Å². The summed E-state index contributed by atoms with van der Waals surface area (Å²) >= 11 is 1.07. The molecule has 8 heteroatoms. The largest absolute Gasteiger partial charge is 0.477 e. The molecule has 148 valence electrons. The minimum absolute atomic E-state index is 0.0337. The molecular formula is C21H19N2O4PS. The van der Waals surface area contributed by atoms with Gasteiger partial charge in [0.1, 0.15) is 4.88 Å². The van der Waals surface area contributed by atoms with E-state index in [4.69, 9.17) is 9.79 Å². The molecule has 0 spiro atoms. The summed E-state index contributed by atoms with van der Waals surface area (Å²) in [6, 6.07) is 16.0. The number of benzene rings is 2. The molecule has 0 saturated carbocycles. The molecule has 6 nitrogen and oxygen atoms in total. The van der Waals surface area contributed by atoms with Gasteiger partial charge in [-0.1, -0.05) is 29.8 Å². The molecule has 0 aliphatic heterocycles. The highest BCUT2D eigenvalue weighted by molar-refractivity contribution is 7.68. The highest BCUT2D eigenvalue weighted by atomic mass is 32.1. The van der Waals surface area contributed by atoms with Crippen LogP contribution in [0.3, 0.4) is 0 Å². The number of aryl methyl sites for hydroxylation is 2. The molecule has 0 aliphatic rings.